The average Bonchev–Trinajstić information content (AvgIpc) is 2.48. The lowest BCUT2D eigenvalue weighted by Crippen LogP contribution is -2.36. The maximum atomic E-state index is 6.14. The van der Waals surface area contributed by atoms with Crippen LogP contribution in [0.3, 0.4) is 0 Å². The van der Waals surface area contributed by atoms with Gasteiger partial charge in [0.15, 0.2) is 0 Å². The molecule has 0 atom stereocenters. The van der Waals surface area contributed by atoms with Gasteiger partial charge >= 0.3 is 0 Å². The second-order valence-electron chi connectivity index (χ2n) is 5.33. The van der Waals surface area contributed by atoms with Gasteiger partial charge in [0.2, 0.25) is 0 Å². The van der Waals surface area contributed by atoms with Gasteiger partial charge in [0, 0.05) is 31.7 Å². The van der Waals surface area contributed by atoms with Crippen LogP contribution in [0.15, 0.2) is 42.5 Å². The second kappa shape index (κ2) is 5.37. The number of alkyl halides is 1. The Balaban J connectivity index is 2.10. The molecule has 2 aromatic carbocycles. The highest BCUT2D eigenvalue weighted by atomic mass is 35.5. The van der Waals surface area contributed by atoms with Crippen molar-refractivity contribution in [2.24, 2.45) is 0 Å². The van der Waals surface area contributed by atoms with E-state index in [0.29, 0.717) is 5.88 Å². The largest absolute Gasteiger partial charge is 0.371 e. The Morgan fingerprint density at radius 2 is 1.75 bits per heavy atom. The van der Waals surface area contributed by atoms with Gasteiger partial charge in [-0.15, -0.1) is 11.6 Å². The lowest BCUT2D eigenvalue weighted by Gasteiger charge is -2.37. The molecule has 0 amide bonds. The Labute approximate surface area is 125 Å². The van der Waals surface area contributed by atoms with Crippen LogP contribution in [0.25, 0.3) is 0 Å². The van der Waals surface area contributed by atoms with Crippen LogP contribution in [-0.2, 0) is 5.88 Å². The second-order valence-corrected chi connectivity index (χ2v) is 5.59. The lowest BCUT2D eigenvalue weighted by atomic mass is 10.1. The minimum atomic E-state index is 0.547. The summed E-state index contributed by atoms with van der Waals surface area (Å²) in [7, 11) is 2.15. The minimum absolute atomic E-state index is 0.547. The van der Waals surface area contributed by atoms with E-state index in [-0.39, 0.29) is 0 Å². The van der Waals surface area contributed by atoms with Gasteiger partial charge in [-0.05, 0) is 30.7 Å². The topological polar surface area (TPSA) is 6.48 Å². The van der Waals surface area contributed by atoms with Crippen LogP contribution in [0.1, 0.15) is 11.1 Å². The molecule has 0 aromatic heterocycles. The van der Waals surface area contributed by atoms with Gasteiger partial charge < -0.3 is 9.80 Å². The first-order valence-electron chi connectivity index (χ1n) is 6.94. The number of benzene rings is 2. The van der Waals surface area contributed by atoms with Gasteiger partial charge in [-0.3, -0.25) is 0 Å². The SMILES string of the molecule is Cc1ccc(N2CCN(C)c3ccccc32)c(CCl)c1. The van der Waals surface area contributed by atoms with E-state index in [1.54, 1.807) is 0 Å². The predicted octanol–water partition coefficient (Wildman–Crippen LogP) is 4.32. The molecule has 0 aliphatic carbocycles. The first-order valence-corrected chi connectivity index (χ1v) is 7.47. The van der Waals surface area contributed by atoms with Crippen molar-refractivity contribution >= 4 is 28.7 Å². The number of halogens is 1. The van der Waals surface area contributed by atoms with Crippen molar-refractivity contribution in [2.75, 3.05) is 29.9 Å². The number of hydrogen-bond donors (Lipinski definition) is 0. The third kappa shape index (κ3) is 2.25. The van der Waals surface area contributed by atoms with Crippen molar-refractivity contribution in [2.45, 2.75) is 12.8 Å². The number of aryl methyl sites for hydroxylation is 1. The highest BCUT2D eigenvalue weighted by Crippen LogP contribution is 2.38. The molecule has 1 heterocycles. The fourth-order valence-corrected chi connectivity index (χ4v) is 3.06. The van der Waals surface area contributed by atoms with Crippen LogP contribution < -0.4 is 9.80 Å². The summed E-state index contributed by atoms with van der Waals surface area (Å²) in [6, 6.07) is 15.1. The molecule has 3 heteroatoms. The number of nitrogens with zero attached hydrogens (tertiary/aromatic N) is 2. The van der Waals surface area contributed by atoms with E-state index in [1.165, 1.54) is 28.2 Å². The average molecular weight is 287 g/mol. The van der Waals surface area contributed by atoms with Crippen LogP contribution >= 0.6 is 11.6 Å². The van der Waals surface area contributed by atoms with Crippen molar-refractivity contribution < 1.29 is 0 Å². The molecule has 1 aliphatic rings. The first kappa shape index (κ1) is 13.3. The zero-order chi connectivity index (χ0) is 14.1. The summed E-state index contributed by atoms with van der Waals surface area (Å²) in [6.45, 7) is 4.12. The molecule has 0 radical (unpaired) electrons. The Bertz CT molecular complexity index is 624. The summed E-state index contributed by atoms with van der Waals surface area (Å²) < 4.78 is 0. The van der Waals surface area contributed by atoms with Gasteiger partial charge in [0.1, 0.15) is 0 Å². The van der Waals surface area contributed by atoms with Gasteiger partial charge in [-0.2, -0.15) is 0 Å². The molecule has 0 unspecified atom stereocenters. The zero-order valence-electron chi connectivity index (χ0n) is 11.9. The quantitative estimate of drug-likeness (QED) is 0.759. The van der Waals surface area contributed by atoms with Crippen LogP contribution in [0, 0.1) is 6.92 Å². The molecule has 0 bridgehead atoms. The fourth-order valence-electron chi connectivity index (χ4n) is 2.84. The zero-order valence-corrected chi connectivity index (χ0v) is 12.7. The van der Waals surface area contributed by atoms with Crippen LogP contribution in [0.4, 0.5) is 17.1 Å². The van der Waals surface area contributed by atoms with Gasteiger partial charge in [-0.25, -0.2) is 0 Å². The third-order valence-corrected chi connectivity index (χ3v) is 4.20. The van der Waals surface area contributed by atoms with Crippen LogP contribution in [0.5, 0.6) is 0 Å². The number of para-hydroxylation sites is 2. The molecule has 0 spiro atoms. The monoisotopic (exact) mass is 286 g/mol. The van der Waals surface area contributed by atoms with Crippen molar-refractivity contribution in [3.63, 3.8) is 0 Å². The molecule has 0 saturated carbocycles. The molecule has 0 N–H and O–H groups in total. The number of anilines is 3. The Morgan fingerprint density at radius 3 is 2.50 bits per heavy atom. The number of likely N-dealkylation sites (N-methyl/N-ethyl adjacent to an activating group) is 1. The molecular formula is C17H19ClN2. The van der Waals surface area contributed by atoms with E-state index in [2.05, 4.69) is 66.2 Å². The van der Waals surface area contributed by atoms with Crippen LogP contribution in [-0.4, -0.2) is 20.1 Å². The van der Waals surface area contributed by atoms with E-state index in [1.807, 2.05) is 0 Å². The van der Waals surface area contributed by atoms with Gasteiger partial charge in [-0.1, -0.05) is 29.8 Å². The molecule has 2 nitrogen and oxygen atoms in total. The standard InChI is InChI=1S/C17H19ClN2/c1-13-7-8-15(14(11-13)12-18)20-10-9-19(2)16-5-3-4-6-17(16)20/h3-8,11H,9-10,12H2,1-2H3. The van der Waals surface area contributed by atoms with Crippen molar-refractivity contribution in [1.29, 1.82) is 0 Å². The lowest BCUT2D eigenvalue weighted by molar-refractivity contribution is 0.820. The normalized spacial score (nSPS) is 14.3. The number of fused-ring (bicyclic) bond motifs is 1. The fraction of sp³-hybridized carbons (Fsp3) is 0.294. The Kier molecular flexibility index (Phi) is 3.58. The Morgan fingerprint density at radius 1 is 1.00 bits per heavy atom. The van der Waals surface area contributed by atoms with E-state index in [0.717, 1.165) is 13.1 Å². The van der Waals surface area contributed by atoms with E-state index >= 15 is 0 Å². The minimum Gasteiger partial charge on any atom is -0.371 e. The van der Waals surface area contributed by atoms with E-state index in [9.17, 15) is 0 Å². The molecule has 1 aliphatic heterocycles. The third-order valence-electron chi connectivity index (χ3n) is 3.91. The summed E-state index contributed by atoms with van der Waals surface area (Å²) in [6.07, 6.45) is 0. The molecule has 2 aromatic rings. The van der Waals surface area contributed by atoms with E-state index in [4.69, 9.17) is 11.6 Å². The van der Waals surface area contributed by atoms with Gasteiger partial charge in [0.25, 0.3) is 0 Å². The van der Waals surface area contributed by atoms with E-state index < -0.39 is 0 Å². The maximum absolute atomic E-state index is 6.14. The molecule has 20 heavy (non-hydrogen) atoms. The predicted molar refractivity (Wildman–Crippen MR) is 87.5 cm³/mol. The number of hydrogen-bond acceptors (Lipinski definition) is 2. The van der Waals surface area contributed by atoms with Crippen molar-refractivity contribution in [3.05, 3.63) is 53.6 Å². The smallest absolute Gasteiger partial charge is 0.0649 e. The molecule has 104 valence electrons. The van der Waals surface area contributed by atoms with Crippen molar-refractivity contribution in [1.82, 2.24) is 0 Å². The molecule has 3 rings (SSSR count). The highest BCUT2D eigenvalue weighted by molar-refractivity contribution is 6.17. The Hall–Kier alpha value is -1.67. The van der Waals surface area contributed by atoms with Gasteiger partial charge in [0.05, 0.1) is 11.4 Å². The first-order chi connectivity index (χ1) is 9.70. The van der Waals surface area contributed by atoms with Crippen LogP contribution in [0.2, 0.25) is 0 Å². The summed E-state index contributed by atoms with van der Waals surface area (Å²) >= 11 is 6.14. The maximum Gasteiger partial charge on any atom is 0.0649 e. The summed E-state index contributed by atoms with van der Waals surface area (Å²) in [4.78, 5) is 4.69. The molecular weight excluding hydrogens is 268 g/mol. The molecule has 0 fully saturated rings. The molecule has 0 saturated heterocycles. The number of rotatable bonds is 2. The summed E-state index contributed by atoms with van der Waals surface area (Å²) in [5, 5.41) is 0. The summed E-state index contributed by atoms with van der Waals surface area (Å²) in [5.41, 5.74) is 6.22. The summed E-state index contributed by atoms with van der Waals surface area (Å²) in [5.74, 6) is 0.547. The highest BCUT2D eigenvalue weighted by Gasteiger charge is 2.22. The van der Waals surface area contributed by atoms with Crippen molar-refractivity contribution in [3.8, 4) is 0 Å².